The van der Waals surface area contributed by atoms with Gasteiger partial charge < -0.3 is 14.4 Å². The van der Waals surface area contributed by atoms with Gasteiger partial charge in [0.1, 0.15) is 5.60 Å². The maximum Gasteiger partial charge on any atom is 0.410 e. The van der Waals surface area contributed by atoms with Crippen LogP contribution in [0.1, 0.15) is 45.2 Å². The maximum atomic E-state index is 12.8. The number of piperidine rings is 1. The molecule has 0 radical (unpaired) electrons. The lowest BCUT2D eigenvalue weighted by Gasteiger charge is -2.44. The summed E-state index contributed by atoms with van der Waals surface area (Å²) in [6.45, 7) is 10.1. The number of nitrogens with zero attached hydrogens (tertiary/aromatic N) is 2. The number of ether oxygens (including phenoxy) is 2. The van der Waals surface area contributed by atoms with Crippen LogP contribution in [0.15, 0.2) is 30.3 Å². The number of carbonyl (C=O) groups excluding carboxylic acids is 1. The van der Waals surface area contributed by atoms with E-state index < -0.39 is 5.60 Å². The fourth-order valence-electron chi connectivity index (χ4n) is 3.75. The topological polar surface area (TPSA) is 42.0 Å². The third kappa shape index (κ3) is 4.73. The molecule has 25 heavy (non-hydrogen) atoms. The first-order valence-corrected chi connectivity index (χ1v) is 9.30. The van der Waals surface area contributed by atoms with Crippen LogP contribution in [0.5, 0.6) is 0 Å². The van der Waals surface area contributed by atoms with Crippen LogP contribution in [0.4, 0.5) is 4.79 Å². The Hall–Kier alpha value is -1.59. The van der Waals surface area contributed by atoms with Gasteiger partial charge in [-0.1, -0.05) is 30.3 Å². The van der Waals surface area contributed by atoms with Crippen LogP contribution in [0.2, 0.25) is 0 Å². The van der Waals surface area contributed by atoms with Gasteiger partial charge in [-0.3, -0.25) is 4.90 Å². The lowest BCUT2D eigenvalue weighted by Crippen LogP contribution is -2.51. The highest BCUT2D eigenvalue weighted by Gasteiger charge is 2.37. The summed E-state index contributed by atoms with van der Waals surface area (Å²) in [6, 6.07) is 10.9. The van der Waals surface area contributed by atoms with E-state index in [-0.39, 0.29) is 12.1 Å². The van der Waals surface area contributed by atoms with E-state index in [0.717, 1.165) is 45.7 Å². The second-order valence-electron chi connectivity index (χ2n) is 7.93. The number of morpholine rings is 1. The van der Waals surface area contributed by atoms with Crippen molar-refractivity contribution in [1.29, 1.82) is 0 Å². The van der Waals surface area contributed by atoms with Crippen molar-refractivity contribution in [1.82, 2.24) is 9.80 Å². The van der Waals surface area contributed by atoms with Gasteiger partial charge >= 0.3 is 6.09 Å². The van der Waals surface area contributed by atoms with E-state index in [1.54, 1.807) is 0 Å². The van der Waals surface area contributed by atoms with Gasteiger partial charge in [0, 0.05) is 25.7 Å². The summed E-state index contributed by atoms with van der Waals surface area (Å²) in [5, 5.41) is 0. The van der Waals surface area contributed by atoms with Gasteiger partial charge in [-0.15, -0.1) is 0 Å². The van der Waals surface area contributed by atoms with Crippen molar-refractivity contribution in [3.8, 4) is 0 Å². The zero-order chi connectivity index (χ0) is 17.9. The molecule has 0 spiro atoms. The normalized spacial score (nSPS) is 25.6. The average Bonchev–Trinajstić information content (AvgIpc) is 2.61. The second-order valence-corrected chi connectivity index (χ2v) is 7.93. The Kier molecular flexibility index (Phi) is 5.64. The van der Waals surface area contributed by atoms with Crippen LogP contribution in [0.25, 0.3) is 0 Å². The molecule has 0 aromatic heterocycles. The first-order chi connectivity index (χ1) is 11.9. The van der Waals surface area contributed by atoms with E-state index >= 15 is 0 Å². The van der Waals surface area contributed by atoms with Gasteiger partial charge in [0.2, 0.25) is 0 Å². The van der Waals surface area contributed by atoms with Gasteiger partial charge in [0.05, 0.1) is 19.3 Å². The summed E-state index contributed by atoms with van der Waals surface area (Å²) in [7, 11) is 0. The fourth-order valence-corrected chi connectivity index (χ4v) is 3.75. The van der Waals surface area contributed by atoms with Crippen LogP contribution in [0, 0.1) is 0 Å². The van der Waals surface area contributed by atoms with E-state index in [2.05, 4.69) is 17.0 Å². The van der Waals surface area contributed by atoms with Gasteiger partial charge in [-0.05, 0) is 39.2 Å². The third-order valence-electron chi connectivity index (χ3n) is 4.95. The fraction of sp³-hybridized carbons (Fsp3) is 0.650. The first kappa shape index (κ1) is 18.2. The van der Waals surface area contributed by atoms with Crippen molar-refractivity contribution in [2.75, 3.05) is 32.8 Å². The van der Waals surface area contributed by atoms with Crippen molar-refractivity contribution in [3.63, 3.8) is 0 Å². The molecule has 2 saturated heterocycles. The molecule has 1 aromatic rings. The lowest BCUT2D eigenvalue weighted by atomic mass is 9.91. The molecular formula is C20H30N2O3. The average molecular weight is 346 g/mol. The monoisotopic (exact) mass is 346 g/mol. The predicted octanol–water partition coefficient (Wildman–Crippen LogP) is 3.46. The van der Waals surface area contributed by atoms with Crippen LogP contribution < -0.4 is 0 Å². The molecule has 2 aliphatic rings. The highest BCUT2D eigenvalue weighted by atomic mass is 16.6. The van der Waals surface area contributed by atoms with E-state index in [9.17, 15) is 4.79 Å². The van der Waals surface area contributed by atoms with Crippen LogP contribution in [-0.4, -0.2) is 60.4 Å². The molecule has 138 valence electrons. The summed E-state index contributed by atoms with van der Waals surface area (Å²) in [5.41, 5.74) is 0.714. The molecule has 0 saturated carbocycles. The zero-order valence-corrected chi connectivity index (χ0v) is 15.6. The van der Waals surface area contributed by atoms with Gasteiger partial charge in [0.15, 0.2) is 0 Å². The minimum Gasteiger partial charge on any atom is -0.444 e. The SMILES string of the molecule is CC(C)(C)OC(=O)N1CCC(N2CCOCC2)CC1c1ccccc1. The number of hydrogen-bond donors (Lipinski definition) is 0. The van der Waals surface area contributed by atoms with E-state index in [1.807, 2.05) is 43.9 Å². The van der Waals surface area contributed by atoms with Crippen molar-refractivity contribution in [2.45, 2.75) is 51.3 Å². The molecule has 5 heteroatoms. The molecule has 0 bridgehead atoms. The van der Waals surface area contributed by atoms with E-state index in [1.165, 1.54) is 5.56 Å². The summed E-state index contributed by atoms with van der Waals surface area (Å²) in [6.07, 6.45) is 1.73. The van der Waals surface area contributed by atoms with E-state index in [4.69, 9.17) is 9.47 Å². The van der Waals surface area contributed by atoms with Crippen molar-refractivity contribution >= 4 is 6.09 Å². The third-order valence-corrected chi connectivity index (χ3v) is 4.95. The highest BCUT2D eigenvalue weighted by molar-refractivity contribution is 5.69. The molecule has 2 fully saturated rings. The number of carbonyl (C=O) groups is 1. The predicted molar refractivity (Wildman–Crippen MR) is 97.5 cm³/mol. The number of rotatable bonds is 2. The number of likely N-dealkylation sites (tertiary alicyclic amines) is 1. The molecule has 2 heterocycles. The van der Waals surface area contributed by atoms with Crippen LogP contribution >= 0.6 is 0 Å². The van der Waals surface area contributed by atoms with Crippen LogP contribution in [0.3, 0.4) is 0 Å². The van der Waals surface area contributed by atoms with Gasteiger partial charge in [0.25, 0.3) is 0 Å². The Bertz CT molecular complexity index is 564. The molecule has 1 aromatic carbocycles. The first-order valence-electron chi connectivity index (χ1n) is 9.30. The Balaban J connectivity index is 1.77. The quantitative estimate of drug-likeness (QED) is 0.822. The van der Waals surface area contributed by atoms with Gasteiger partial charge in [-0.25, -0.2) is 4.79 Å². The molecule has 0 N–H and O–H groups in total. The summed E-state index contributed by atoms with van der Waals surface area (Å²) in [5.74, 6) is 0. The van der Waals surface area contributed by atoms with Crippen molar-refractivity contribution in [3.05, 3.63) is 35.9 Å². The summed E-state index contributed by atoms with van der Waals surface area (Å²) in [4.78, 5) is 17.2. The van der Waals surface area contributed by atoms with Crippen molar-refractivity contribution in [2.24, 2.45) is 0 Å². The molecule has 0 aliphatic carbocycles. The Morgan fingerprint density at radius 1 is 1.12 bits per heavy atom. The number of amides is 1. The number of hydrogen-bond acceptors (Lipinski definition) is 4. The van der Waals surface area contributed by atoms with Gasteiger partial charge in [-0.2, -0.15) is 0 Å². The smallest absolute Gasteiger partial charge is 0.410 e. The Morgan fingerprint density at radius 3 is 2.44 bits per heavy atom. The molecule has 2 unspecified atom stereocenters. The molecule has 2 atom stereocenters. The zero-order valence-electron chi connectivity index (χ0n) is 15.6. The Morgan fingerprint density at radius 2 is 1.80 bits per heavy atom. The molecule has 3 rings (SSSR count). The maximum absolute atomic E-state index is 12.8. The summed E-state index contributed by atoms with van der Waals surface area (Å²) >= 11 is 0. The molecule has 2 aliphatic heterocycles. The second kappa shape index (κ2) is 7.75. The van der Waals surface area contributed by atoms with E-state index in [0.29, 0.717) is 6.04 Å². The van der Waals surface area contributed by atoms with Crippen LogP contribution in [-0.2, 0) is 9.47 Å². The molecule has 1 amide bonds. The number of benzene rings is 1. The largest absolute Gasteiger partial charge is 0.444 e. The molecular weight excluding hydrogens is 316 g/mol. The highest BCUT2D eigenvalue weighted by Crippen LogP contribution is 2.34. The standard InChI is InChI=1S/C20H30N2O3/c1-20(2,3)25-19(23)22-10-9-17(21-11-13-24-14-12-21)15-18(22)16-7-5-4-6-8-16/h4-8,17-18H,9-15H2,1-3H3. The summed E-state index contributed by atoms with van der Waals surface area (Å²) < 4.78 is 11.2. The Labute approximate surface area is 150 Å². The molecule has 5 nitrogen and oxygen atoms in total. The minimum atomic E-state index is -0.473. The lowest BCUT2D eigenvalue weighted by molar-refractivity contribution is -0.0232. The van der Waals surface area contributed by atoms with Crippen molar-refractivity contribution < 1.29 is 14.3 Å². The minimum absolute atomic E-state index is 0.0673.